The number of carbonyl (C=O) groups is 2. The molecule has 8 nitrogen and oxygen atoms in total. The van der Waals surface area contributed by atoms with Gasteiger partial charge in [0.1, 0.15) is 29.2 Å². The van der Waals surface area contributed by atoms with Gasteiger partial charge in [0.05, 0.1) is 0 Å². The van der Waals surface area contributed by atoms with Crippen molar-refractivity contribution in [3.8, 4) is 5.75 Å². The Kier molecular flexibility index (Phi) is 5.81. The molecule has 1 saturated heterocycles. The van der Waals surface area contributed by atoms with E-state index in [9.17, 15) is 32.7 Å². The van der Waals surface area contributed by atoms with E-state index in [1.165, 1.54) is 10.9 Å². The highest BCUT2D eigenvalue weighted by atomic mass is 19.1. The zero-order valence-electron chi connectivity index (χ0n) is 18.1. The average molecular weight is 464 g/mol. The minimum Gasteiger partial charge on any atom is -0.502 e. The second kappa shape index (κ2) is 8.45. The van der Waals surface area contributed by atoms with Gasteiger partial charge in [-0.2, -0.15) is 0 Å². The van der Waals surface area contributed by atoms with E-state index in [0.29, 0.717) is 31.6 Å². The van der Waals surface area contributed by atoms with Gasteiger partial charge in [-0.1, -0.05) is 6.92 Å². The Morgan fingerprint density at radius 3 is 2.48 bits per heavy atom. The molecule has 2 atom stereocenters. The topological polar surface area (TPSA) is 94.9 Å². The van der Waals surface area contributed by atoms with Crippen molar-refractivity contribution in [2.45, 2.75) is 39.4 Å². The molecule has 0 aliphatic carbocycles. The lowest BCUT2D eigenvalue weighted by molar-refractivity contribution is 0.0507. The van der Waals surface area contributed by atoms with Crippen molar-refractivity contribution < 1.29 is 27.9 Å². The molecule has 3 heterocycles. The number of carbonyl (C=O) groups excluding carboxylic acids is 2. The number of aromatic hydroxyl groups is 1. The summed E-state index contributed by atoms with van der Waals surface area (Å²) >= 11 is 0. The van der Waals surface area contributed by atoms with Crippen LogP contribution in [0.15, 0.2) is 23.1 Å². The van der Waals surface area contributed by atoms with Crippen LogP contribution < -0.4 is 15.8 Å². The molecular formula is C22H23F3N4O4. The second-order valence-corrected chi connectivity index (χ2v) is 8.32. The molecule has 1 aromatic carbocycles. The standard InChI is InChI=1S/C22H23F3N4O4/c1-3-27-17-5-4-11(2)9-28(17)29-10-14(19(30)20(31)18(29)22(27)33)21(32)26-8-13-15(24)6-12(23)7-16(13)25/h6-7,10-11,17,31H,3-5,8-9H2,1-2H3,(H,26,32)/t11-,17-/m0/s1. The van der Waals surface area contributed by atoms with E-state index in [-0.39, 0.29) is 17.8 Å². The molecule has 2 N–H and O–H groups in total. The van der Waals surface area contributed by atoms with E-state index < -0.39 is 58.1 Å². The Balaban J connectivity index is 1.71. The van der Waals surface area contributed by atoms with E-state index >= 15 is 0 Å². The number of nitrogens with one attached hydrogen (secondary N) is 1. The minimum absolute atomic E-state index is 0.237. The van der Waals surface area contributed by atoms with Gasteiger partial charge < -0.3 is 15.3 Å². The summed E-state index contributed by atoms with van der Waals surface area (Å²) in [6.45, 7) is 4.08. The average Bonchev–Trinajstić information content (AvgIpc) is 2.75. The SMILES string of the molecule is CCN1C(=O)c2c(O)c(=O)c(C(=O)NCc3c(F)cc(F)cc3F)cn2N2C[C@@H](C)CC[C@@H]12. The number of pyridine rings is 1. The fourth-order valence-corrected chi connectivity index (χ4v) is 4.45. The van der Waals surface area contributed by atoms with Gasteiger partial charge in [-0.15, -0.1) is 0 Å². The van der Waals surface area contributed by atoms with Crippen LogP contribution in [0, 0.1) is 23.4 Å². The molecule has 4 rings (SSSR count). The van der Waals surface area contributed by atoms with Crippen LogP contribution in [0.1, 0.15) is 53.1 Å². The molecule has 0 radical (unpaired) electrons. The Morgan fingerprint density at radius 1 is 1.18 bits per heavy atom. The maximum atomic E-state index is 13.9. The van der Waals surface area contributed by atoms with Crippen LogP contribution >= 0.6 is 0 Å². The zero-order chi connectivity index (χ0) is 24.0. The van der Waals surface area contributed by atoms with Crippen LogP contribution in [0.2, 0.25) is 0 Å². The van der Waals surface area contributed by atoms with E-state index in [0.717, 1.165) is 6.42 Å². The van der Waals surface area contributed by atoms with Crippen LogP contribution in [0.5, 0.6) is 5.75 Å². The molecule has 1 aromatic heterocycles. The lowest BCUT2D eigenvalue weighted by Gasteiger charge is -2.50. The van der Waals surface area contributed by atoms with Crippen molar-refractivity contribution >= 4 is 11.8 Å². The van der Waals surface area contributed by atoms with Gasteiger partial charge in [0.15, 0.2) is 11.4 Å². The van der Waals surface area contributed by atoms with Crippen molar-refractivity contribution in [3.05, 3.63) is 62.8 Å². The smallest absolute Gasteiger partial charge is 0.278 e. The van der Waals surface area contributed by atoms with E-state index in [1.54, 1.807) is 11.8 Å². The number of aromatic nitrogens is 1. The molecule has 0 unspecified atom stereocenters. The summed E-state index contributed by atoms with van der Waals surface area (Å²) in [5.41, 5.74) is -2.38. The number of fused-ring (bicyclic) bond motifs is 3. The minimum atomic E-state index is -1.19. The summed E-state index contributed by atoms with van der Waals surface area (Å²) in [6.07, 6.45) is 2.43. The third kappa shape index (κ3) is 3.81. The summed E-state index contributed by atoms with van der Waals surface area (Å²) in [7, 11) is 0. The number of nitrogens with zero attached hydrogens (tertiary/aromatic N) is 3. The number of piperidine rings is 1. The Labute approximate surface area is 187 Å². The molecule has 2 aliphatic rings. The number of rotatable bonds is 4. The third-order valence-corrected chi connectivity index (χ3v) is 6.14. The quantitative estimate of drug-likeness (QED) is 0.723. The first-order valence-corrected chi connectivity index (χ1v) is 10.6. The lowest BCUT2D eigenvalue weighted by Crippen LogP contribution is -2.64. The first-order chi connectivity index (χ1) is 15.6. The summed E-state index contributed by atoms with van der Waals surface area (Å²) in [4.78, 5) is 40.0. The lowest BCUT2D eigenvalue weighted by atomic mass is 9.97. The molecule has 176 valence electrons. The molecule has 0 spiro atoms. The van der Waals surface area contributed by atoms with Gasteiger partial charge in [0.2, 0.25) is 5.43 Å². The molecule has 33 heavy (non-hydrogen) atoms. The van der Waals surface area contributed by atoms with Crippen molar-refractivity contribution in [3.63, 3.8) is 0 Å². The largest absolute Gasteiger partial charge is 0.502 e. The van der Waals surface area contributed by atoms with Crippen LogP contribution in [-0.4, -0.2) is 45.8 Å². The zero-order valence-corrected chi connectivity index (χ0v) is 18.1. The highest BCUT2D eigenvalue weighted by molar-refractivity contribution is 5.99. The number of amides is 2. The maximum Gasteiger partial charge on any atom is 0.278 e. The number of hydrogen-bond acceptors (Lipinski definition) is 5. The van der Waals surface area contributed by atoms with Crippen LogP contribution in [0.4, 0.5) is 13.2 Å². The monoisotopic (exact) mass is 464 g/mol. The van der Waals surface area contributed by atoms with Crippen LogP contribution in [0.25, 0.3) is 0 Å². The van der Waals surface area contributed by atoms with Gasteiger partial charge >= 0.3 is 0 Å². The highest BCUT2D eigenvalue weighted by Gasteiger charge is 2.42. The second-order valence-electron chi connectivity index (χ2n) is 8.32. The van der Waals surface area contributed by atoms with Gasteiger partial charge in [0.25, 0.3) is 11.8 Å². The number of benzene rings is 1. The first kappa shape index (κ1) is 22.7. The summed E-state index contributed by atoms with van der Waals surface area (Å²) in [5.74, 6) is -5.60. The normalized spacial score (nSPS) is 19.8. The van der Waals surface area contributed by atoms with Gasteiger partial charge in [-0.05, 0) is 25.7 Å². The van der Waals surface area contributed by atoms with Crippen molar-refractivity contribution in [2.75, 3.05) is 18.1 Å². The molecule has 2 amide bonds. The number of hydrogen-bond donors (Lipinski definition) is 2. The Bertz CT molecular complexity index is 1180. The van der Waals surface area contributed by atoms with Crippen molar-refractivity contribution in [1.82, 2.24) is 14.9 Å². The van der Waals surface area contributed by atoms with Gasteiger partial charge in [0, 0.05) is 43.5 Å². The van der Waals surface area contributed by atoms with E-state index in [1.807, 2.05) is 11.9 Å². The predicted molar refractivity (Wildman–Crippen MR) is 112 cm³/mol. The Hall–Kier alpha value is -3.50. The van der Waals surface area contributed by atoms with Crippen molar-refractivity contribution in [2.24, 2.45) is 5.92 Å². The molecule has 2 aromatic rings. The molecule has 11 heteroatoms. The highest BCUT2D eigenvalue weighted by Crippen LogP contribution is 2.31. The summed E-state index contributed by atoms with van der Waals surface area (Å²) in [6, 6.07) is 0.958. The number of halogens is 3. The maximum absolute atomic E-state index is 13.9. The molecule has 2 aliphatic heterocycles. The van der Waals surface area contributed by atoms with Crippen LogP contribution in [-0.2, 0) is 6.54 Å². The third-order valence-electron chi connectivity index (χ3n) is 6.14. The first-order valence-electron chi connectivity index (χ1n) is 10.6. The molecular weight excluding hydrogens is 441 g/mol. The van der Waals surface area contributed by atoms with Crippen LogP contribution in [0.3, 0.4) is 0 Å². The molecule has 0 saturated carbocycles. The van der Waals surface area contributed by atoms with Crippen molar-refractivity contribution in [1.29, 1.82) is 0 Å². The van der Waals surface area contributed by atoms with E-state index in [4.69, 9.17) is 0 Å². The predicted octanol–water partition coefficient (Wildman–Crippen LogP) is 2.07. The fraction of sp³-hybridized carbons (Fsp3) is 0.409. The summed E-state index contributed by atoms with van der Waals surface area (Å²) in [5, 5.41) is 14.6. The fourth-order valence-electron chi connectivity index (χ4n) is 4.45. The van der Waals surface area contributed by atoms with Gasteiger partial charge in [-0.3, -0.25) is 24.1 Å². The van der Waals surface area contributed by atoms with Gasteiger partial charge in [-0.25, -0.2) is 13.2 Å². The summed E-state index contributed by atoms with van der Waals surface area (Å²) < 4.78 is 42.2. The van der Waals surface area contributed by atoms with E-state index in [2.05, 4.69) is 5.32 Å². The molecule has 1 fully saturated rings. The molecule has 0 bridgehead atoms. The Morgan fingerprint density at radius 2 is 1.85 bits per heavy atom.